The number of carboxylic acids is 1. The normalized spacial score (nSPS) is 13.2. The summed E-state index contributed by atoms with van der Waals surface area (Å²) in [5.41, 5.74) is 2.07. The van der Waals surface area contributed by atoms with Crippen LogP contribution in [0.5, 0.6) is 0 Å². The third-order valence-corrected chi connectivity index (χ3v) is 3.46. The average molecular weight is 272 g/mol. The molecule has 1 atom stereocenters. The van der Waals surface area contributed by atoms with E-state index in [1.165, 1.54) is 5.56 Å². The molecule has 0 fully saturated rings. The lowest BCUT2D eigenvalue weighted by atomic mass is 9.85. The number of carboxylic acid groups (broad SMARTS) is 1. The molecule has 0 radical (unpaired) electrons. The van der Waals surface area contributed by atoms with Crippen LogP contribution in [0.1, 0.15) is 43.6 Å². The Kier molecular flexibility index (Phi) is 3.98. The van der Waals surface area contributed by atoms with Gasteiger partial charge in [0.2, 0.25) is 0 Å². The SMILES string of the molecule is CC(C)(C)c1ccc(C(Cc2ccco2)C(=O)O)cc1. The summed E-state index contributed by atoms with van der Waals surface area (Å²) in [6.07, 6.45) is 1.94. The van der Waals surface area contributed by atoms with Crippen molar-refractivity contribution in [2.45, 2.75) is 38.5 Å². The molecule has 0 bridgehead atoms. The standard InChI is InChI=1S/C17H20O3/c1-17(2,3)13-8-6-12(7-9-13)15(16(18)19)11-14-5-4-10-20-14/h4-10,15H,11H2,1-3H3,(H,18,19). The van der Waals surface area contributed by atoms with Crippen molar-refractivity contribution in [1.82, 2.24) is 0 Å². The zero-order valence-electron chi connectivity index (χ0n) is 12.1. The molecule has 1 heterocycles. The highest BCUT2D eigenvalue weighted by Crippen LogP contribution is 2.26. The lowest BCUT2D eigenvalue weighted by Crippen LogP contribution is -2.15. The Balaban J connectivity index is 2.24. The number of rotatable bonds is 4. The first-order valence-corrected chi connectivity index (χ1v) is 6.73. The fraction of sp³-hybridized carbons (Fsp3) is 0.353. The summed E-state index contributed by atoms with van der Waals surface area (Å²) >= 11 is 0. The molecule has 0 aliphatic heterocycles. The van der Waals surface area contributed by atoms with Gasteiger partial charge in [0.05, 0.1) is 12.2 Å². The van der Waals surface area contributed by atoms with Crippen LogP contribution in [-0.2, 0) is 16.6 Å². The maximum absolute atomic E-state index is 11.5. The van der Waals surface area contributed by atoms with E-state index in [1.54, 1.807) is 18.4 Å². The molecule has 0 spiro atoms. The molecule has 0 saturated heterocycles. The highest BCUT2D eigenvalue weighted by Gasteiger charge is 2.22. The zero-order valence-corrected chi connectivity index (χ0v) is 12.1. The summed E-state index contributed by atoms with van der Waals surface area (Å²) in [6, 6.07) is 11.4. The molecule has 106 valence electrons. The molecule has 0 saturated carbocycles. The Bertz CT molecular complexity index is 559. The highest BCUT2D eigenvalue weighted by molar-refractivity contribution is 5.76. The van der Waals surface area contributed by atoms with Gasteiger partial charge in [-0.25, -0.2) is 0 Å². The minimum absolute atomic E-state index is 0.0677. The molecular weight excluding hydrogens is 252 g/mol. The van der Waals surface area contributed by atoms with E-state index < -0.39 is 11.9 Å². The topological polar surface area (TPSA) is 50.4 Å². The molecule has 0 aliphatic rings. The van der Waals surface area contributed by atoms with E-state index in [0.717, 1.165) is 5.56 Å². The van der Waals surface area contributed by atoms with Crippen LogP contribution in [0.2, 0.25) is 0 Å². The third kappa shape index (κ3) is 3.29. The number of hydrogen-bond donors (Lipinski definition) is 1. The van der Waals surface area contributed by atoms with Crippen molar-refractivity contribution in [2.24, 2.45) is 0 Å². The van der Waals surface area contributed by atoms with E-state index in [-0.39, 0.29) is 5.41 Å². The van der Waals surface area contributed by atoms with Crippen LogP contribution in [0.15, 0.2) is 47.1 Å². The fourth-order valence-corrected chi connectivity index (χ4v) is 2.19. The lowest BCUT2D eigenvalue weighted by Gasteiger charge is -2.20. The van der Waals surface area contributed by atoms with Crippen LogP contribution in [0.25, 0.3) is 0 Å². The van der Waals surface area contributed by atoms with Gasteiger partial charge in [-0.3, -0.25) is 4.79 Å². The van der Waals surface area contributed by atoms with E-state index in [2.05, 4.69) is 20.8 Å². The van der Waals surface area contributed by atoms with E-state index in [0.29, 0.717) is 12.2 Å². The van der Waals surface area contributed by atoms with Crippen LogP contribution in [0.3, 0.4) is 0 Å². The van der Waals surface area contributed by atoms with Crippen molar-refractivity contribution in [3.8, 4) is 0 Å². The van der Waals surface area contributed by atoms with E-state index in [1.807, 2.05) is 24.3 Å². The highest BCUT2D eigenvalue weighted by atomic mass is 16.4. The molecule has 2 rings (SSSR count). The molecule has 3 nitrogen and oxygen atoms in total. The summed E-state index contributed by atoms with van der Waals surface area (Å²) in [5.74, 6) is -0.711. The quantitative estimate of drug-likeness (QED) is 0.915. The third-order valence-electron chi connectivity index (χ3n) is 3.46. The van der Waals surface area contributed by atoms with Gasteiger partial charge >= 0.3 is 5.97 Å². The second-order valence-corrected chi connectivity index (χ2v) is 6.05. The molecule has 2 aromatic rings. The molecule has 20 heavy (non-hydrogen) atoms. The predicted octanol–water partition coefficient (Wildman–Crippen LogP) is 3.99. The van der Waals surface area contributed by atoms with Gasteiger partial charge in [0, 0.05) is 6.42 Å². The smallest absolute Gasteiger partial charge is 0.311 e. The predicted molar refractivity (Wildman–Crippen MR) is 77.9 cm³/mol. The van der Waals surface area contributed by atoms with Gasteiger partial charge in [-0.05, 0) is 28.7 Å². The average Bonchev–Trinajstić information content (AvgIpc) is 2.87. The van der Waals surface area contributed by atoms with Crippen LogP contribution in [0.4, 0.5) is 0 Å². The first-order valence-electron chi connectivity index (χ1n) is 6.73. The van der Waals surface area contributed by atoms with Gasteiger partial charge in [-0.1, -0.05) is 45.0 Å². The summed E-state index contributed by atoms with van der Waals surface area (Å²) < 4.78 is 5.25. The second-order valence-electron chi connectivity index (χ2n) is 6.05. The Labute approximate surface area is 119 Å². The lowest BCUT2D eigenvalue weighted by molar-refractivity contribution is -0.138. The molecule has 0 aliphatic carbocycles. The van der Waals surface area contributed by atoms with Crippen molar-refractivity contribution >= 4 is 5.97 Å². The Morgan fingerprint density at radius 1 is 1.20 bits per heavy atom. The summed E-state index contributed by atoms with van der Waals surface area (Å²) in [6.45, 7) is 6.42. The minimum Gasteiger partial charge on any atom is -0.481 e. The summed E-state index contributed by atoms with van der Waals surface area (Å²) in [7, 11) is 0. The first-order chi connectivity index (χ1) is 9.38. The Morgan fingerprint density at radius 2 is 1.85 bits per heavy atom. The Morgan fingerprint density at radius 3 is 2.30 bits per heavy atom. The van der Waals surface area contributed by atoms with Gasteiger partial charge < -0.3 is 9.52 Å². The van der Waals surface area contributed by atoms with Crippen LogP contribution in [-0.4, -0.2) is 11.1 Å². The van der Waals surface area contributed by atoms with E-state index in [4.69, 9.17) is 4.42 Å². The van der Waals surface area contributed by atoms with Crippen molar-refractivity contribution in [1.29, 1.82) is 0 Å². The van der Waals surface area contributed by atoms with Crippen molar-refractivity contribution in [3.63, 3.8) is 0 Å². The molecular formula is C17H20O3. The van der Waals surface area contributed by atoms with Crippen LogP contribution >= 0.6 is 0 Å². The van der Waals surface area contributed by atoms with Gasteiger partial charge in [0.1, 0.15) is 5.76 Å². The summed E-state index contributed by atoms with van der Waals surface area (Å²) in [5, 5.41) is 9.41. The van der Waals surface area contributed by atoms with Crippen LogP contribution in [0, 0.1) is 0 Å². The molecule has 0 amide bonds. The van der Waals surface area contributed by atoms with Gasteiger partial charge in [-0.15, -0.1) is 0 Å². The van der Waals surface area contributed by atoms with Gasteiger partial charge in [-0.2, -0.15) is 0 Å². The van der Waals surface area contributed by atoms with Gasteiger partial charge in [0.25, 0.3) is 0 Å². The number of aliphatic carboxylic acids is 1. The van der Waals surface area contributed by atoms with Gasteiger partial charge in [0.15, 0.2) is 0 Å². The Hall–Kier alpha value is -2.03. The van der Waals surface area contributed by atoms with Crippen molar-refractivity contribution < 1.29 is 14.3 Å². The number of carbonyl (C=O) groups is 1. The second kappa shape index (κ2) is 5.53. The minimum atomic E-state index is -0.829. The largest absolute Gasteiger partial charge is 0.481 e. The van der Waals surface area contributed by atoms with E-state index in [9.17, 15) is 9.90 Å². The van der Waals surface area contributed by atoms with Crippen molar-refractivity contribution in [2.75, 3.05) is 0 Å². The zero-order chi connectivity index (χ0) is 14.8. The molecule has 1 N–H and O–H groups in total. The van der Waals surface area contributed by atoms with Crippen molar-refractivity contribution in [3.05, 3.63) is 59.5 Å². The fourth-order valence-electron chi connectivity index (χ4n) is 2.19. The first kappa shape index (κ1) is 14.4. The number of benzene rings is 1. The maximum atomic E-state index is 11.5. The molecule has 1 aromatic heterocycles. The molecule has 1 aromatic carbocycles. The molecule has 3 heteroatoms. The monoisotopic (exact) mass is 272 g/mol. The number of hydrogen-bond acceptors (Lipinski definition) is 2. The summed E-state index contributed by atoms with van der Waals surface area (Å²) in [4.78, 5) is 11.5. The van der Waals surface area contributed by atoms with E-state index >= 15 is 0 Å². The molecule has 1 unspecified atom stereocenters. The maximum Gasteiger partial charge on any atom is 0.311 e. The van der Waals surface area contributed by atoms with Crippen LogP contribution < -0.4 is 0 Å². The number of furan rings is 1.